The van der Waals surface area contributed by atoms with E-state index in [-0.39, 0.29) is 18.3 Å². The number of piperidine rings is 1. The van der Waals surface area contributed by atoms with Crippen molar-refractivity contribution >= 4 is 5.91 Å². The van der Waals surface area contributed by atoms with Gasteiger partial charge in [0.2, 0.25) is 0 Å². The SMILES string of the molecule is N#Cc1ccc(OCC(=O)N2CCC(CCc3cccc(OC4CCCC4)c3)CC2)c(-c2ccc(F)cc2O)c1. The number of likely N-dealkylation sites (tertiary alicyclic amines) is 1. The fourth-order valence-corrected chi connectivity index (χ4v) is 5.71. The molecule has 40 heavy (non-hydrogen) atoms. The second-order valence-corrected chi connectivity index (χ2v) is 10.8. The molecule has 1 saturated carbocycles. The summed E-state index contributed by atoms with van der Waals surface area (Å²) in [4.78, 5) is 14.8. The number of phenols is 1. The summed E-state index contributed by atoms with van der Waals surface area (Å²) in [6, 6.07) is 19.0. The van der Waals surface area contributed by atoms with E-state index >= 15 is 0 Å². The highest BCUT2D eigenvalue weighted by Gasteiger charge is 2.24. The number of carbonyl (C=O) groups is 1. The van der Waals surface area contributed by atoms with Crippen LogP contribution in [0.25, 0.3) is 11.1 Å². The van der Waals surface area contributed by atoms with Crippen LogP contribution in [0.3, 0.4) is 0 Å². The van der Waals surface area contributed by atoms with Gasteiger partial charge < -0.3 is 19.5 Å². The predicted octanol–water partition coefficient (Wildman–Crippen LogP) is 6.64. The molecule has 208 valence electrons. The van der Waals surface area contributed by atoms with Crippen LogP contribution in [0.15, 0.2) is 60.7 Å². The molecule has 1 aliphatic carbocycles. The molecule has 1 aliphatic heterocycles. The van der Waals surface area contributed by atoms with Gasteiger partial charge in [-0.3, -0.25) is 4.79 Å². The highest BCUT2D eigenvalue weighted by Crippen LogP contribution is 2.37. The van der Waals surface area contributed by atoms with Crippen molar-refractivity contribution in [2.75, 3.05) is 19.7 Å². The monoisotopic (exact) mass is 542 g/mol. The number of nitrogens with zero attached hydrogens (tertiary/aromatic N) is 2. The zero-order valence-corrected chi connectivity index (χ0v) is 22.7. The number of rotatable bonds is 9. The molecule has 0 spiro atoms. The van der Waals surface area contributed by atoms with Crippen molar-refractivity contribution in [3.63, 3.8) is 0 Å². The summed E-state index contributed by atoms with van der Waals surface area (Å²) >= 11 is 0. The molecule has 0 unspecified atom stereocenters. The zero-order valence-electron chi connectivity index (χ0n) is 22.7. The molecular weight excluding hydrogens is 507 g/mol. The lowest BCUT2D eigenvalue weighted by molar-refractivity contribution is -0.134. The molecule has 6 nitrogen and oxygen atoms in total. The Morgan fingerprint density at radius 2 is 1.80 bits per heavy atom. The summed E-state index contributed by atoms with van der Waals surface area (Å²) in [6.07, 6.45) is 9.18. The van der Waals surface area contributed by atoms with Crippen molar-refractivity contribution in [2.24, 2.45) is 5.92 Å². The summed E-state index contributed by atoms with van der Waals surface area (Å²) < 4.78 is 25.5. The Morgan fingerprint density at radius 3 is 2.55 bits per heavy atom. The van der Waals surface area contributed by atoms with Crippen LogP contribution in [0.1, 0.15) is 56.1 Å². The number of hydrogen-bond acceptors (Lipinski definition) is 5. The molecule has 0 aromatic heterocycles. The van der Waals surface area contributed by atoms with Gasteiger partial charge in [-0.25, -0.2) is 4.39 Å². The minimum Gasteiger partial charge on any atom is -0.507 e. The minimum absolute atomic E-state index is 0.103. The molecule has 1 saturated heterocycles. The minimum atomic E-state index is -0.569. The molecule has 1 heterocycles. The molecule has 0 atom stereocenters. The lowest BCUT2D eigenvalue weighted by atomic mass is 9.90. The first-order chi connectivity index (χ1) is 19.5. The van der Waals surface area contributed by atoms with E-state index in [4.69, 9.17) is 9.47 Å². The third-order valence-corrected chi connectivity index (χ3v) is 8.02. The first-order valence-corrected chi connectivity index (χ1v) is 14.2. The van der Waals surface area contributed by atoms with E-state index < -0.39 is 5.82 Å². The van der Waals surface area contributed by atoms with E-state index in [9.17, 15) is 19.6 Å². The summed E-state index contributed by atoms with van der Waals surface area (Å²) in [5.74, 6) is 0.958. The van der Waals surface area contributed by atoms with Gasteiger partial charge in [-0.05, 0) is 105 Å². The number of halogens is 1. The van der Waals surface area contributed by atoms with Crippen LogP contribution < -0.4 is 9.47 Å². The molecule has 2 fully saturated rings. The highest BCUT2D eigenvalue weighted by atomic mass is 19.1. The molecule has 3 aromatic carbocycles. The van der Waals surface area contributed by atoms with Gasteiger partial charge in [0.25, 0.3) is 5.91 Å². The number of aryl methyl sites for hydroxylation is 1. The van der Waals surface area contributed by atoms with E-state index in [0.29, 0.717) is 47.6 Å². The van der Waals surface area contributed by atoms with Crippen LogP contribution in [0.2, 0.25) is 0 Å². The van der Waals surface area contributed by atoms with Crippen molar-refractivity contribution in [1.82, 2.24) is 4.90 Å². The normalized spacial score (nSPS) is 16.1. The largest absolute Gasteiger partial charge is 0.507 e. The van der Waals surface area contributed by atoms with Crippen molar-refractivity contribution in [2.45, 2.75) is 57.5 Å². The maximum absolute atomic E-state index is 13.5. The number of hydrogen-bond donors (Lipinski definition) is 1. The molecule has 0 radical (unpaired) electrons. The first kappa shape index (κ1) is 27.5. The van der Waals surface area contributed by atoms with Crippen LogP contribution in [-0.2, 0) is 11.2 Å². The van der Waals surface area contributed by atoms with Gasteiger partial charge in [-0.1, -0.05) is 12.1 Å². The van der Waals surface area contributed by atoms with Gasteiger partial charge in [0.15, 0.2) is 6.61 Å². The maximum atomic E-state index is 13.5. The lowest BCUT2D eigenvalue weighted by Gasteiger charge is -2.32. The molecule has 7 heteroatoms. The Bertz CT molecular complexity index is 1370. The first-order valence-electron chi connectivity index (χ1n) is 14.2. The zero-order chi connectivity index (χ0) is 27.9. The molecule has 1 N–H and O–H groups in total. The Morgan fingerprint density at radius 1 is 1.00 bits per heavy atom. The number of amides is 1. The number of benzene rings is 3. The van der Waals surface area contributed by atoms with Crippen molar-refractivity contribution < 1.29 is 23.8 Å². The fourth-order valence-electron chi connectivity index (χ4n) is 5.71. The Hall–Kier alpha value is -4.05. The van der Waals surface area contributed by atoms with Crippen LogP contribution in [0.5, 0.6) is 17.2 Å². The van der Waals surface area contributed by atoms with Gasteiger partial charge >= 0.3 is 0 Å². The number of ether oxygens (including phenoxy) is 2. The second kappa shape index (κ2) is 12.9. The van der Waals surface area contributed by atoms with E-state index in [1.165, 1.54) is 30.5 Å². The van der Waals surface area contributed by atoms with E-state index in [2.05, 4.69) is 30.3 Å². The fraction of sp³-hybridized carbons (Fsp3) is 0.394. The molecule has 2 aliphatic rings. The third-order valence-electron chi connectivity index (χ3n) is 8.02. The van der Waals surface area contributed by atoms with E-state index in [1.807, 2.05) is 4.90 Å². The lowest BCUT2D eigenvalue weighted by Crippen LogP contribution is -2.41. The third kappa shape index (κ3) is 6.93. The summed E-state index contributed by atoms with van der Waals surface area (Å²) in [5.41, 5.74) is 2.43. The molecule has 5 rings (SSSR count). The van der Waals surface area contributed by atoms with Gasteiger partial charge in [-0.2, -0.15) is 5.26 Å². The topological polar surface area (TPSA) is 82.8 Å². The van der Waals surface area contributed by atoms with Crippen LogP contribution >= 0.6 is 0 Å². The van der Waals surface area contributed by atoms with E-state index in [1.54, 1.807) is 18.2 Å². The Balaban J connectivity index is 1.11. The second-order valence-electron chi connectivity index (χ2n) is 10.8. The predicted molar refractivity (Wildman–Crippen MR) is 151 cm³/mol. The van der Waals surface area contributed by atoms with Crippen molar-refractivity contribution in [1.29, 1.82) is 5.26 Å². The summed E-state index contributed by atoms with van der Waals surface area (Å²) in [7, 11) is 0. The van der Waals surface area contributed by atoms with Crippen molar-refractivity contribution in [3.05, 3.63) is 77.6 Å². The summed E-state index contributed by atoms with van der Waals surface area (Å²) in [5, 5.41) is 19.6. The van der Waals surface area contributed by atoms with Crippen molar-refractivity contribution in [3.8, 4) is 34.4 Å². The Kier molecular flexibility index (Phi) is 8.85. The van der Waals surface area contributed by atoms with Crippen LogP contribution in [0.4, 0.5) is 4.39 Å². The average molecular weight is 543 g/mol. The van der Waals surface area contributed by atoms with Crippen LogP contribution in [-0.4, -0.2) is 41.7 Å². The summed E-state index contributed by atoms with van der Waals surface area (Å²) in [6.45, 7) is 1.23. The average Bonchev–Trinajstić information content (AvgIpc) is 3.48. The number of nitriles is 1. The molecular formula is C33H35FN2O4. The smallest absolute Gasteiger partial charge is 0.260 e. The van der Waals surface area contributed by atoms with Gasteiger partial charge in [0.1, 0.15) is 23.1 Å². The quantitative estimate of drug-likeness (QED) is 0.328. The number of carbonyl (C=O) groups excluding carboxylic acids is 1. The molecule has 1 amide bonds. The van der Waals surface area contributed by atoms with Gasteiger partial charge in [0.05, 0.1) is 17.7 Å². The number of phenolic OH excluding ortho intramolecular Hbond substituents is 1. The van der Waals surface area contributed by atoms with Gasteiger partial charge in [-0.15, -0.1) is 0 Å². The Labute approximate surface area is 235 Å². The molecule has 0 bridgehead atoms. The standard InChI is InChI=1S/C33H35FN2O4/c34-26-11-12-29(31(37)20-26)30-19-25(21-35)10-13-32(30)39-22-33(38)36-16-14-23(15-17-36)8-9-24-4-3-7-28(18-24)40-27-5-1-2-6-27/h3-4,7,10-13,18-20,23,27,37H,1-2,5-6,8-9,14-17,22H2. The van der Waals surface area contributed by atoms with Crippen LogP contribution in [0, 0.1) is 23.1 Å². The maximum Gasteiger partial charge on any atom is 0.260 e. The van der Waals surface area contributed by atoms with E-state index in [0.717, 1.165) is 50.3 Å². The molecule has 3 aromatic rings. The van der Waals surface area contributed by atoms with Gasteiger partial charge in [0, 0.05) is 30.3 Å². The highest BCUT2D eigenvalue weighted by molar-refractivity contribution is 5.80. The number of aromatic hydroxyl groups is 1.